The summed E-state index contributed by atoms with van der Waals surface area (Å²) < 4.78 is 5.58. The van der Waals surface area contributed by atoms with E-state index in [4.69, 9.17) is 16.9 Å². The highest BCUT2D eigenvalue weighted by Crippen LogP contribution is 2.18. The van der Waals surface area contributed by atoms with E-state index >= 15 is 0 Å². The molecule has 3 nitrogen and oxygen atoms in total. The predicted octanol–water partition coefficient (Wildman–Crippen LogP) is 2.87. The van der Waals surface area contributed by atoms with Gasteiger partial charge in [-0.15, -0.1) is 6.42 Å². The molecule has 0 aliphatic heterocycles. The van der Waals surface area contributed by atoms with Gasteiger partial charge in [0.05, 0.1) is 12.6 Å². The highest BCUT2D eigenvalue weighted by molar-refractivity contribution is 5.29. The Kier molecular flexibility index (Phi) is 7.79. The fourth-order valence-electron chi connectivity index (χ4n) is 2.06. The highest BCUT2D eigenvalue weighted by atomic mass is 16.5. The molecule has 0 spiro atoms. The topological polar surface area (TPSA) is 47.3 Å². The van der Waals surface area contributed by atoms with Gasteiger partial charge in [0.25, 0.3) is 0 Å². The minimum atomic E-state index is 0.0737. The Balaban J connectivity index is 2.67. The van der Waals surface area contributed by atoms with Crippen LogP contribution in [0.3, 0.4) is 0 Å². The molecule has 0 heterocycles. The lowest BCUT2D eigenvalue weighted by Crippen LogP contribution is -2.35. The summed E-state index contributed by atoms with van der Waals surface area (Å²) in [6.07, 6.45) is 8.58. The summed E-state index contributed by atoms with van der Waals surface area (Å²) in [6.45, 7) is 5.49. The summed E-state index contributed by atoms with van der Waals surface area (Å²) >= 11 is 0. The van der Waals surface area contributed by atoms with Gasteiger partial charge in [-0.25, -0.2) is 0 Å². The van der Waals surface area contributed by atoms with E-state index in [0.29, 0.717) is 6.54 Å². The number of rotatable bonds is 9. The molecule has 0 saturated heterocycles. The zero-order chi connectivity index (χ0) is 14.8. The van der Waals surface area contributed by atoms with E-state index in [-0.39, 0.29) is 12.1 Å². The van der Waals surface area contributed by atoms with Crippen LogP contribution in [0.15, 0.2) is 24.3 Å². The standard InChI is InChI=1S/C17H26N2O/c1-4-7-15(6-3)19-17(13-18)14-8-10-16(11-9-14)20-12-5-2/h3,8-11,15,17,19H,4-5,7,12-13,18H2,1-2H3. The van der Waals surface area contributed by atoms with E-state index in [1.807, 2.05) is 12.1 Å². The van der Waals surface area contributed by atoms with Crippen LogP contribution < -0.4 is 15.8 Å². The zero-order valence-electron chi connectivity index (χ0n) is 12.6. The summed E-state index contributed by atoms with van der Waals surface area (Å²) in [6, 6.07) is 8.23. The molecule has 3 N–H and O–H groups in total. The van der Waals surface area contributed by atoms with E-state index < -0.39 is 0 Å². The van der Waals surface area contributed by atoms with Crippen LogP contribution in [-0.4, -0.2) is 19.2 Å². The second-order valence-corrected chi connectivity index (χ2v) is 4.88. The number of terminal acetylenes is 1. The molecule has 1 aromatic rings. The minimum Gasteiger partial charge on any atom is -0.494 e. The highest BCUT2D eigenvalue weighted by Gasteiger charge is 2.13. The van der Waals surface area contributed by atoms with Gasteiger partial charge < -0.3 is 10.5 Å². The molecule has 0 aromatic heterocycles. The Morgan fingerprint density at radius 1 is 1.25 bits per heavy atom. The third-order valence-corrected chi connectivity index (χ3v) is 3.17. The molecule has 1 aromatic carbocycles. The number of nitrogens with two attached hydrogens (primary N) is 1. The third kappa shape index (κ3) is 5.24. The Morgan fingerprint density at radius 2 is 1.95 bits per heavy atom. The summed E-state index contributed by atoms with van der Waals surface area (Å²) in [7, 11) is 0. The molecule has 0 aliphatic carbocycles. The van der Waals surface area contributed by atoms with Crippen molar-refractivity contribution in [2.24, 2.45) is 5.73 Å². The van der Waals surface area contributed by atoms with Gasteiger partial charge in [-0.2, -0.15) is 0 Å². The van der Waals surface area contributed by atoms with Gasteiger partial charge in [-0.1, -0.05) is 38.3 Å². The van der Waals surface area contributed by atoms with E-state index in [2.05, 4.69) is 37.2 Å². The second kappa shape index (κ2) is 9.41. The summed E-state index contributed by atoms with van der Waals surface area (Å²) in [4.78, 5) is 0. The van der Waals surface area contributed by atoms with E-state index in [9.17, 15) is 0 Å². The van der Waals surface area contributed by atoms with Gasteiger partial charge in [-0.3, -0.25) is 5.32 Å². The van der Waals surface area contributed by atoms with E-state index in [1.165, 1.54) is 0 Å². The lowest BCUT2D eigenvalue weighted by molar-refractivity contribution is 0.317. The maximum atomic E-state index is 5.86. The van der Waals surface area contributed by atoms with Gasteiger partial charge in [0.1, 0.15) is 5.75 Å². The average molecular weight is 274 g/mol. The van der Waals surface area contributed by atoms with Gasteiger partial charge in [0.15, 0.2) is 0 Å². The van der Waals surface area contributed by atoms with Crippen molar-refractivity contribution in [3.05, 3.63) is 29.8 Å². The van der Waals surface area contributed by atoms with Crippen LogP contribution in [-0.2, 0) is 0 Å². The first kappa shape index (κ1) is 16.6. The van der Waals surface area contributed by atoms with Crippen molar-refractivity contribution >= 4 is 0 Å². The molecule has 2 atom stereocenters. The molecule has 2 unspecified atom stereocenters. The Hall–Kier alpha value is -1.50. The molecule has 0 aliphatic rings. The van der Waals surface area contributed by atoms with Gasteiger partial charge >= 0.3 is 0 Å². The summed E-state index contributed by atoms with van der Waals surface area (Å²) in [5.74, 6) is 3.68. The van der Waals surface area contributed by atoms with E-state index in [0.717, 1.165) is 37.2 Å². The first-order valence-corrected chi connectivity index (χ1v) is 7.40. The van der Waals surface area contributed by atoms with Crippen LogP contribution in [0.4, 0.5) is 0 Å². The summed E-state index contributed by atoms with van der Waals surface area (Å²) in [5, 5.41) is 3.43. The molecule has 110 valence electrons. The molecular formula is C17H26N2O. The smallest absolute Gasteiger partial charge is 0.119 e. The van der Waals surface area contributed by atoms with Crippen LogP contribution in [0, 0.1) is 12.3 Å². The first-order valence-electron chi connectivity index (χ1n) is 7.40. The van der Waals surface area contributed by atoms with Crippen molar-refractivity contribution in [2.75, 3.05) is 13.2 Å². The van der Waals surface area contributed by atoms with Gasteiger partial charge in [0, 0.05) is 12.6 Å². The molecule has 20 heavy (non-hydrogen) atoms. The Morgan fingerprint density at radius 3 is 2.45 bits per heavy atom. The number of hydrogen-bond donors (Lipinski definition) is 2. The zero-order valence-corrected chi connectivity index (χ0v) is 12.6. The molecule has 3 heteroatoms. The normalized spacial score (nSPS) is 13.5. The van der Waals surface area contributed by atoms with Crippen molar-refractivity contribution in [2.45, 2.75) is 45.2 Å². The van der Waals surface area contributed by atoms with Crippen molar-refractivity contribution < 1.29 is 4.74 Å². The lowest BCUT2D eigenvalue weighted by Gasteiger charge is -2.22. The SMILES string of the molecule is C#CC(CCC)NC(CN)c1ccc(OCCC)cc1. The quantitative estimate of drug-likeness (QED) is 0.681. The van der Waals surface area contributed by atoms with Crippen LogP contribution in [0.5, 0.6) is 5.75 Å². The van der Waals surface area contributed by atoms with Crippen LogP contribution in [0.1, 0.15) is 44.7 Å². The second-order valence-electron chi connectivity index (χ2n) is 4.88. The molecule has 0 bridgehead atoms. The first-order chi connectivity index (χ1) is 9.74. The maximum absolute atomic E-state index is 5.86. The van der Waals surface area contributed by atoms with Crippen LogP contribution in [0.2, 0.25) is 0 Å². The fraction of sp³-hybridized carbons (Fsp3) is 0.529. The molecular weight excluding hydrogens is 248 g/mol. The number of ether oxygens (including phenoxy) is 1. The molecule has 0 fully saturated rings. The minimum absolute atomic E-state index is 0.0737. The van der Waals surface area contributed by atoms with Crippen LogP contribution >= 0.6 is 0 Å². The van der Waals surface area contributed by atoms with Crippen molar-refractivity contribution in [1.82, 2.24) is 5.32 Å². The van der Waals surface area contributed by atoms with Gasteiger partial charge in [0.2, 0.25) is 0 Å². The predicted molar refractivity (Wildman–Crippen MR) is 84.7 cm³/mol. The molecule has 0 saturated carbocycles. The monoisotopic (exact) mass is 274 g/mol. The average Bonchev–Trinajstić information content (AvgIpc) is 2.50. The number of benzene rings is 1. The van der Waals surface area contributed by atoms with E-state index in [1.54, 1.807) is 0 Å². The Bertz CT molecular complexity index is 408. The molecule has 0 radical (unpaired) electrons. The lowest BCUT2D eigenvalue weighted by atomic mass is 10.0. The van der Waals surface area contributed by atoms with Crippen molar-refractivity contribution in [3.63, 3.8) is 0 Å². The maximum Gasteiger partial charge on any atom is 0.119 e. The fourth-order valence-corrected chi connectivity index (χ4v) is 2.06. The van der Waals surface area contributed by atoms with Crippen LogP contribution in [0.25, 0.3) is 0 Å². The third-order valence-electron chi connectivity index (χ3n) is 3.17. The number of hydrogen-bond acceptors (Lipinski definition) is 3. The van der Waals surface area contributed by atoms with Crippen molar-refractivity contribution in [1.29, 1.82) is 0 Å². The summed E-state index contributed by atoms with van der Waals surface area (Å²) in [5.41, 5.74) is 7.01. The molecule has 0 amide bonds. The van der Waals surface area contributed by atoms with Crippen molar-refractivity contribution in [3.8, 4) is 18.1 Å². The number of nitrogens with one attached hydrogen (secondary N) is 1. The Labute approximate surface area is 122 Å². The molecule has 1 rings (SSSR count). The van der Waals surface area contributed by atoms with Gasteiger partial charge in [-0.05, 0) is 30.5 Å². The largest absolute Gasteiger partial charge is 0.494 e.